The van der Waals surface area contributed by atoms with Crippen LogP contribution in [0.5, 0.6) is 10.8 Å². The van der Waals surface area contributed by atoms with Crippen molar-refractivity contribution in [2.45, 2.75) is 6.92 Å². The quantitative estimate of drug-likeness (QED) is 0.683. The molecule has 0 spiro atoms. The molecule has 0 amide bonds. The van der Waals surface area contributed by atoms with Crippen molar-refractivity contribution in [2.24, 2.45) is 0 Å². The molecule has 7 heteroatoms. The number of carboxylic acid groups (broad SMARTS) is 1. The number of ether oxygens (including phenoxy) is 1. The van der Waals surface area contributed by atoms with Gasteiger partial charge in [0.2, 0.25) is 5.75 Å². The van der Waals surface area contributed by atoms with Gasteiger partial charge in [0.25, 0.3) is 0 Å². The second-order valence-corrected chi connectivity index (χ2v) is 4.75. The number of aryl methyl sites for hydroxylation is 1. The first-order valence-electron chi connectivity index (χ1n) is 5.24. The van der Waals surface area contributed by atoms with E-state index in [9.17, 15) is 14.9 Å². The van der Waals surface area contributed by atoms with Gasteiger partial charge in [-0.3, -0.25) is 10.1 Å². The average molecular weight is 279 g/mol. The summed E-state index contributed by atoms with van der Waals surface area (Å²) in [7, 11) is 0. The van der Waals surface area contributed by atoms with Crippen LogP contribution in [0.2, 0.25) is 0 Å². The number of rotatable bonds is 4. The maximum Gasteiger partial charge on any atom is 0.345 e. The molecule has 1 aromatic heterocycles. The molecule has 1 heterocycles. The molecule has 0 fully saturated rings. The molecule has 0 unspecified atom stereocenters. The van der Waals surface area contributed by atoms with Gasteiger partial charge in [0, 0.05) is 5.56 Å². The Bertz CT molecular complexity index is 649. The molecule has 0 aliphatic heterocycles. The fourth-order valence-corrected chi connectivity index (χ4v) is 2.25. The van der Waals surface area contributed by atoms with E-state index in [1.165, 1.54) is 18.2 Å². The maximum absolute atomic E-state index is 11.0. The molecular weight excluding hydrogens is 270 g/mol. The van der Waals surface area contributed by atoms with Crippen LogP contribution in [0.3, 0.4) is 0 Å². The lowest BCUT2D eigenvalue weighted by atomic mass is 10.2. The number of para-hydroxylation sites is 1. The van der Waals surface area contributed by atoms with Crippen LogP contribution in [0, 0.1) is 17.0 Å². The number of thiophene rings is 1. The SMILES string of the molecule is Cc1cccc(Oc2ccc(C(=O)O)s2)c1[N+](=O)[O-]. The molecule has 98 valence electrons. The summed E-state index contributed by atoms with van der Waals surface area (Å²) in [5, 5.41) is 20.1. The third kappa shape index (κ3) is 2.71. The Hall–Kier alpha value is -2.41. The largest absolute Gasteiger partial charge is 0.477 e. The van der Waals surface area contributed by atoms with Gasteiger partial charge in [-0.05, 0) is 25.1 Å². The van der Waals surface area contributed by atoms with E-state index < -0.39 is 10.9 Å². The summed E-state index contributed by atoms with van der Waals surface area (Å²) in [5.74, 6) is -0.956. The highest BCUT2D eigenvalue weighted by atomic mass is 32.1. The van der Waals surface area contributed by atoms with Crippen molar-refractivity contribution in [1.29, 1.82) is 0 Å². The monoisotopic (exact) mass is 279 g/mol. The van der Waals surface area contributed by atoms with Crippen LogP contribution in [0.15, 0.2) is 30.3 Å². The second kappa shape index (κ2) is 5.07. The van der Waals surface area contributed by atoms with E-state index in [0.717, 1.165) is 11.3 Å². The van der Waals surface area contributed by atoms with Gasteiger partial charge < -0.3 is 9.84 Å². The molecule has 0 saturated carbocycles. The zero-order valence-electron chi connectivity index (χ0n) is 9.82. The molecule has 2 rings (SSSR count). The van der Waals surface area contributed by atoms with Crippen molar-refractivity contribution in [3.05, 3.63) is 50.9 Å². The van der Waals surface area contributed by atoms with Crippen LogP contribution in [0.25, 0.3) is 0 Å². The Morgan fingerprint density at radius 1 is 1.37 bits per heavy atom. The summed E-state index contributed by atoms with van der Waals surface area (Å²) in [4.78, 5) is 21.3. The van der Waals surface area contributed by atoms with Gasteiger partial charge in [0.05, 0.1) is 4.92 Å². The van der Waals surface area contributed by atoms with Crippen molar-refractivity contribution >= 4 is 23.0 Å². The molecule has 1 N–H and O–H groups in total. The van der Waals surface area contributed by atoms with Crippen LogP contribution < -0.4 is 4.74 Å². The third-order valence-electron chi connectivity index (χ3n) is 2.39. The van der Waals surface area contributed by atoms with Crippen LogP contribution in [0.4, 0.5) is 5.69 Å². The highest BCUT2D eigenvalue weighted by molar-refractivity contribution is 7.15. The van der Waals surface area contributed by atoms with Crippen LogP contribution in [-0.4, -0.2) is 16.0 Å². The summed E-state index contributed by atoms with van der Waals surface area (Å²) < 4.78 is 5.40. The van der Waals surface area contributed by atoms with E-state index in [2.05, 4.69) is 0 Å². The van der Waals surface area contributed by atoms with Gasteiger partial charge in [-0.15, -0.1) is 0 Å². The van der Waals surface area contributed by atoms with Gasteiger partial charge >= 0.3 is 11.7 Å². The summed E-state index contributed by atoms with van der Waals surface area (Å²) in [6.45, 7) is 1.61. The average Bonchev–Trinajstić information content (AvgIpc) is 2.77. The molecule has 0 bridgehead atoms. The predicted octanol–water partition coefficient (Wildman–Crippen LogP) is 3.46. The van der Waals surface area contributed by atoms with E-state index in [0.29, 0.717) is 10.6 Å². The summed E-state index contributed by atoms with van der Waals surface area (Å²) in [6.07, 6.45) is 0. The van der Waals surface area contributed by atoms with E-state index >= 15 is 0 Å². The third-order valence-corrected chi connectivity index (χ3v) is 3.34. The minimum Gasteiger partial charge on any atom is -0.477 e. The van der Waals surface area contributed by atoms with Crippen LogP contribution in [-0.2, 0) is 0 Å². The fourth-order valence-electron chi connectivity index (χ4n) is 1.55. The molecule has 2 aromatic rings. The highest BCUT2D eigenvalue weighted by Gasteiger charge is 2.19. The van der Waals surface area contributed by atoms with Crippen LogP contribution in [0.1, 0.15) is 15.2 Å². The van der Waals surface area contributed by atoms with Gasteiger partial charge in [0.15, 0.2) is 5.06 Å². The standard InChI is InChI=1S/C12H9NO5S/c1-7-3-2-4-8(11(7)13(16)17)18-10-6-5-9(19-10)12(14)15/h2-6H,1H3,(H,14,15). The maximum atomic E-state index is 11.0. The Morgan fingerprint density at radius 2 is 2.11 bits per heavy atom. The van der Waals surface area contributed by atoms with E-state index in [4.69, 9.17) is 9.84 Å². The lowest BCUT2D eigenvalue weighted by Gasteiger charge is -2.05. The van der Waals surface area contributed by atoms with Crippen molar-refractivity contribution in [2.75, 3.05) is 0 Å². The minimum atomic E-state index is -1.06. The molecule has 0 radical (unpaired) electrons. The first-order chi connectivity index (χ1) is 8.99. The normalized spacial score (nSPS) is 10.2. The van der Waals surface area contributed by atoms with Crippen LogP contribution >= 0.6 is 11.3 Å². The molecule has 1 aromatic carbocycles. The topological polar surface area (TPSA) is 89.7 Å². The van der Waals surface area contributed by atoms with E-state index in [-0.39, 0.29) is 16.3 Å². The Labute approximate surface area is 112 Å². The summed E-state index contributed by atoms with van der Waals surface area (Å²) in [6, 6.07) is 7.60. The number of carbonyl (C=O) groups is 1. The zero-order chi connectivity index (χ0) is 14.0. The van der Waals surface area contributed by atoms with Crippen molar-refractivity contribution < 1.29 is 19.6 Å². The lowest BCUT2D eigenvalue weighted by Crippen LogP contribution is -1.95. The van der Waals surface area contributed by atoms with E-state index in [1.54, 1.807) is 19.1 Å². The molecule has 6 nitrogen and oxygen atoms in total. The molecule has 0 aliphatic rings. The van der Waals surface area contributed by atoms with Gasteiger partial charge in [-0.2, -0.15) is 0 Å². The summed E-state index contributed by atoms with van der Waals surface area (Å²) >= 11 is 0.918. The Morgan fingerprint density at radius 3 is 2.68 bits per heavy atom. The minimum absolute atomic E-state index is 0.101. The Kier molecular flexibility index (Phi) is 3.48. The zero-order valence-corrected chi connectivity index (χ0v) is 10.6. The van der Waals surface area contributed by atoms with Gasteiger partial charge in [0.1, 0.15) is 4.88 Å². The predicted molar refractivity (Wildman–Crippen MR) is 69.2 cm³/mol. The van der Waals surface area contributed by atoms with Crippen molar-refractivity contribution in [3.8, 4) is 10.8 Å². The molecule has 0 atom stereocenters. The molecule has 0 saturated heterocycles. The van der Waals surface area contributed by atoms with Gasteiger partial charge in [-0.1, -0.05) is 23.5 Å². The number of nitro benzene ring substituents is 1. The second-order valence-electron chi connectivity index (χ2n) is 3.70. The smallest absolute Gasteiger partial charge is 0.345 e. The summed E-state index contributed by atoms with van der Waals surface area (Å²) in [5.41, 5.74) is 0.366. The molecular formula is C12H9NO5S. The molecule has 19 heavy (non-hydrogen) atoms. The fraction of sp³-hybridized carbons (Fsp3) is 0.0833. The van der Waals surface area contributed by atoms with Crippen molar-refractivity contribution in [3.63, 3.8) is 0 Å². The number of carboxylic acids is 1. The lowest BCUT2D eigenvalue weighted by molar-refractivity contribution is -0.386. The highest BCUT2D eigenvalue weighted by Crippen LogP contribution is 2.36. The van der Waals surface area contributed by atoms with Gasteiger partial charge in [-0.25, -0.2) is 4.79 Å². The molecule has 0 aliphatic carbocycles. The number of nitro groups is 1. The number of benzene rings is 1. The Balaban J connectivity index is 2.35. The number of nitrogens with zero attached hydrogens (tertiary/aromatic N) is 1. The number of hydrogen-bond donors (Lipinski definition) is 1. The first kappa shape index (κ1) is 13.0. The van der Waals surface area contributed by atoms with Crippen molar-refractivity contribution in [1.82, 2.24) is 0 Å². The number of hydrogen-bond acceptors (Lipinski definition) is 5. The van der Waals surface area contributed by atoms with E-state index in [1.807, 2.05) is 0 Å². The first-order valence-corrected chi connectivity index (χ1v) is 6.05. The number of aromatic carboxylic acids is 1.